The van der Waals surface area contributed by atoms with Crippen LogP contribution in [0.15, 0.2) is 58.0 Å². The van der Waals surface area contributed by atoms with E-state index in [0.717, 1.165) is 5.56 Å². The van der Waals surface area contributed by atoms with Crippen LogP contribution in [0, 0.1) is 17.8 Å². The SMILES string of the molecule is C=CCCC(=O)OC[C@H](Cc1ccccc1)[C@@H]1NC(=O)[C@H]2N=C(O[C@@H]2C)[C@H](C(C)C)NC(=O)[C@H]2N=C(O[C@@H]2C)[C@H](C(C)C)NC(=O)[C@H]2N=C1O[C@@H]2C. The summed E-state index contributed by atoms with van der Waals surface area (Å²) in [6.45, 7) is 16.5. The van der Waals surface area contributed by atoms with E-state index in [1.54, 1.807) is 26.8 Å². The number of hydrogen-bond donors (Lipinski definition) is 3. The van der Waals surface area contributed by atoms with Gasteiger partial charge >= 0.3 is 5.97 Å². The molecular formula is C38H52N6O8. The van der Waals surface area contributed by atoms with Crippen LogP contribution in [0.3, 0.4) is 0 Å². The van der Waals surface area contributed by atoms with Crippen LogP contribution in [0.25, 0.3) is 0 Å². The van der Waals surface area contributed by atoms with Crippen molar-refractivity contribution in [2.75, 3.05) is 6.61 Å². The Labute approximate surface area is 305 Å². The molecule has 1 aromatic carbocycles. The third-order valence-corrected chi connectivity index (χ3v) is 9.71. The van der Waals surface area contributed by atoms with Crippen LogP contribution >= 0.6 is 0 Å². The molecule has 0 fully saturated rings. The van der Waals surface area contributed by atoms with E-state index in [1.807, 2.05) is 58.0 Å². The number of carbonyl (C=O) groups excluding carboxylic acids is 4. The number of aliphatic imine (C=N–C) groups is 3. The molecule has 6 bridgehead atoms. The maximum Gasteiger partial charge on any atom is 0.306 e. The summed E-state index contributed by atoms with van der Waals surface area (Å²) < 4.78 is 24.3. The van der Waals surface area contributed by atoms with Crippen molar-refractivity contribution in [3.05, 3.63) is 48.6 Å². The minimum atomic E-state index is -0.981. The number of hydrogen-bond acceptors (Lipinski definition) is 11. The molecule has 0 radical (unpaired) electrons. The average molecular weight is 721 g/mol. The zero-order valence-electron chi connectivity index (χ0n) is 31.0. The second-order valence-corrected chi connectivity index (χ2v) is 14.6. The van der Waals surface area contributed by atoms with E-state index in [-0.39, 0.29) is 48.5 Å². The molecule has 0 saturated carbocycles. The molecule has 14 nitrogen and oxygen atoms in total. The lowest BCUT2D eigenvalue weighted by Crippen LogP contribution is -2.52. The molecule has 0 saturated heterocycles. The van der Waals surface area contributed by atoms with Crippen LogP contribution in [0.1, 0.15) is 66.9 Å². The molecule has 3 N–H and O–H groups in total. The Morgan fingerprint density at radius 3 is 1.60 bits per heavy atom. The van der Waals surface area contributed by atoms with E-state index in [9.17, 15) is 19.2 Å². The van der Waals surface area contributed by atoms with E-state index in [4.69, 9.17) is 28.9 Å². The van der Waals surface area contributed by atoms with Gasteiger partial charge in [0.2, 0.25) is 35.4 Å². The van der Waals surface area contributed by atoms with Gasteiger partial charge < -0.3 is 34.9 Å². The maximum absolute atomic E-state index is 14.2. The van der Waals surface area contributed by atoms with E-state index >= 15 is 0 Å². The second-order valence-electron chi connectivity index (χ2n) is 14.6. The van der Waals surface area contributed by atoms with Crippen LogP contribution in [0.5, 0.6) is 0 Å². The molecule has 3 amide bonds. The third kappa shape index (κ3) is 8.82. The largest absolute Gasteiger partial charge is 0.474 e. The van der Waals surface area contributed by atoms with Crippen molar-refractivity contribution in [1.29, 1.82) is 0 Å². The molecule has 52 heavy (non-hydrogen) atoms. The summed E-state index contributed by atoms with van der Waals surface area (Å²) in [6.07, 6.45) is 0.665. The predicted octanol–water partition coefficient (Wildman–Crippen LogP) is 2.69. The maximum atomic E-state index is 14.2. The summed E-state index contributed by atoms with van der Waals surface area (Å²) in [5.74, 6) is -1.93. The average Bonchev–Trinajstić information content (AvgIpc) is 3.81. The Morgan fingerprint density at radius 2 is 1.17 bits per heavy atom. The first-order valence-corrected chi connectivity index (χ1v) is 18.2. The fourth-order valence-corrected chi connectivity index (χ4v) is 6.66. The van der Waals surface area contributed by atoms with E-state index in [0.29, 0.717) is 12.8 Å². The van der Waals surface area contributed by atoms with E-state index in [1.165, 1.54) is 0 Å². The summed E-state index contributed by atoms with van der Waals surface area (Å²) >= 11 is 0. The highest BCUT2D eigenvalue weighted by Crippen LogP contribution is 2.26. The molecule has 0 spiro atoms. The van der Waals surface area contributed by atoms with Gasteiger partial charge in [0.25, 0.3) is 0 Å². The van der Waals surface area contributed by atoms with Crippen molar-refractivity contribution >= 4 is 41.4 Å². The molecule has 14 heteroatoms. The highest BCUT2D eigenvalue weighted by atomic mass is 16.5. The number of amides is 3. The number of carbonyl (C=O) groups is 4. The minimum absolute atomic E-state index is 0.0674. The molecule has 4 aliphatic heterocycles. The first kappa shape index (κ1) is 38.5. The molecule has 4 aliphatic rings. The van der Waals surface area contributed by atoms with Crippen molar-refractivity contribution in [3.63, 3.8) is 0 Å². The lowest BCUT2D eigenvalue weighted by molar-refractivity contribution is -0.145. The van der Waals surface area contributed by atoms with Crippen LogP contribution in [-0.4, -0.2) is 103 Å². The Morgan fingerprint density at radius 1 is 0.750 bits per heavy atom. The fraction of sp³-hybridized carbons (Fsp3) is 0.605. The predicted molar refractivity (Wildman–Crippen MR) is 195 cm³/mol. The number of nitrogens with zero attached hydrogens (tertiary/aromatic N) is 3. The molecule has 282 valence electrons. The van der Waals surface area contributed by atoms with Gasteiger partial charge in [-0.3, -0.25) is 19.2 Å². The number of allylic oxidation sites excluding steroid dienone is 1. The number of rotatable bonds is 10. The fourth-order valence-electron chi connectivity index (χ4n) is 6.66. The first-order valence-electron chi connectivity index (χ1n) is 18.2. The first-order chi connectivity index (χ1) is 24.8. The standard InChI is InChI=1S/C38H52N6O8/c1-9-10-16-26(45)49-18-25(17-24-14-12-11-13-15-24)32-38-44-30(23(8)52-38)34(47)40-27(19(2)3)36-42-29(21(6)50-36)33(46)39-28(20(4)5)37-43-31(22(7)51-37)35(48)41-32/h9,11-15,19-23,25,27-32H,1,10,16-18H2,2-8H3,(H,39,46)(H,40,47)(H,41,48)/t21-,22-,23-,25+,27+,28+,29+,30+,31+,32+/m1/s1. The number of benzene rings is 1. The number of ether oxygens (including phenoxy) is 4. The Bertz CT molecular complexity index is 1590. The molecule has 0 aliphatic carbocycles. The number of fused-ring (bicyclic) bond motifs is 3. The summed E-state index contributed by atoms with van der Waals surface area (Å²) in [5.41, 5.74) is 0.933. The molecule has 0 aromatic heterocycles. The van der Waals surface area contributed by atoms with Crippen molar-refractivity contribution < 1.29 is 38.1 Å². The molecule has 4 heterocycles. The molecule has 10 atom stereocenters. The molecule has 0 unspecified atom stereocenters. The van der Waals surface area contributed by atoms with Crippen molar-refractivity contribution in [1.82, 2.24) is 16.0 Å². The van der Waals surface area contributed by atoms with Gasteiger partial charge in [-0.2, -0.15) is 0 Å². The number of esters is 1. The van der Waals surface area contributed by atoms with E-state index < -0.39 is 78.3 Å². The quantitative estimate of drug-likeness (QED) is 0.244. The monoisotopic (exact) mass is 720 g/mol. The lowest BCUT2D eigenvalue weighted by Gasteiger charge is -2.29. The molecule has 5 rings (SSSR count). The van der Waals surface area contributed by atoms with Gasteiger partial charge in [0, 0.05) is 12.3 Å². The zero-order valence-corrected chi connectivity index (χ0v) is 31.0. The van der Waals surface area contributed by atoms with Crippen LogP contribution in [0.4, 0.5) is 0 Å². The van der Waals surface area contributed by atoms with Gasteiger partial charge in [0.15, 0.2) is 18.1 Å². The van der Waals surface area contributed by atoms with Gasteiger partial charge in [-0.1, -0.05) is 64.1 Å². The summed E-state index contributed by atoms with van der Waals surface area (Å²) in [5, 5.41) is 9.15. The summed E-state index contributed by atoms with van der Waals surface area (Å²) in [4.78, 5) is 68.7. The van der Waals surface area contributed by atoms with Crippen LogP contribution in [-0.2, 0) is 44.5 Å². The van der Waals surface area contributed by atoms with Gasteiger partial charge in [-0.25, -0.2) is 15.0 Å². The Hall–Kier alpha value is -4.75. The highest BCUT2D eigenvalue weighted by molar-refractivity contribution is 6.00. The molecular weight excluding hydrogens is 668 g/mol. The summed E-state index contributed by atoms with van der Waals surface area (Å²) in [6, 6.07) is 4.53. The summed E-state index contributed by atoms with van der Waals surface area (Å²) in [7, 11) is 0. The topological polar surface area (TPSA) is 178 Å². The Kier molecular flexibility index (Phi) is 12.4. The molecule has 1 aromatic rings. The van der Waals surface area contributed by atoms with Gasteiger partial charge in [0.1, 0.15) is 36.4 Å². The van der Waals surface area contributed by atoms with E-state index in [2.05, 4.69) is 27.5 Å². The smallest absolute Gasteiger partial charge is 0.306 e. The normalized spacial score (nSPS) is 31.0. The van der Waals surface area contributed by atoms with Crippen molar-refractivity contribution in [3.8, 4) is 0 Å². The van der Waals surface area contributed by atoms with Gasteiger partial charge in [-0.05, 0) is 51.0 Å². The second kappa shape index (κ2) is 16.7. The highest BCUT2D eigenvalue weighted by Gasteiger charge is 2.46. The zero-order chi connectivity index (χ0) is 37.7. The van der Waals surface area contributed by atoms with Crippen molar-refractivity contribution in [2.24, 2.45) is 32.7 Å². The van der Waals surface area contributed by atoms with Crippen LogP contribution in [0.2, 0.25) is 0 Å². The number of nitrogens with one attached hydrogen (secondary N) is 3. The van der Waals surface area contributed by atoms with Gasteiger partial charge in [-0.15, -0.1) is 6.58 Å². The van der Waals surface area contributed by atoms with Crippen molar-refractivity contribution in [2.45, 2.75) is 122 Å². The van der Waals surface area contributed by atoms with Crippen LogP contribution < -0.4 is 16.0 Å². The minimum Gasteiger partial charge on any atom is -0.474 e. The lowest BCUT2D eigenvalue weighted by atomic mass is 9.92. The third-order valence-electron chi connectivity index (χ3n) is 9.71. The van der Waals surface area contributed by atoms with Gasteiger partial charge in [0.05, 0.1) is 6.61 Å². The Balaban J connectivity index is 1.58.